The third kappa shape index (κ3) is 10.9. The Morgan fingerprint density at radius 2 is 1.44 bits per heavy atom. The molecule has 0 saturated carbocycles. The lowest BCUT2D eigenvalue weighted by molar-refractivity contribution is 0.198. The fourth-order valence-corrected chi connectivity index (χ4v) is 3.81. The van der Waals surface area contributed by atoms with Crippen LogP contribution in [0.5, 0.6) is 0 Å². The van der Waals surface area contributed by atoms with E-state index < -0.39 is 22.7 Å². The van der Waals surface area contributed by atoms with Crippen molar-refractivity contribution in [2.24, 2.45) is 5.73 Å². The molecular formula is C28H42F2N10O3. The number of aliphatic hydroxyl groups is 2. The SMILES string of the molecule is CCCC[C@@](C)(N)CO.CCCC[C@](C)(CO)Nc1nc(N)nc2cc(F)cnc12.Nc1nc2cc(F)cnc2c(=O)[nH]1. The second kappa shape index (κ2) is 16.0. The van der Waals surface area contributed by atoms with Crippen LogP contribution in [0.4, 0.5) is 26.5 Å². The molecule has 0 saturated heterocycles. The van der Waals surface area contributed by atoms with Gasteiger partial charge in [-0.15, -0.1) is 0 Å². The average molecular weight is 605 g/mol. The van der Waals surface area contributed by atoms with Crippen molar-refractivity contribution < 1.29 is 19.0 Å². The summed E-state index contributed by atoms with van der Waals surface area (Å²) in [7, 11) is 0. The quantitative estimate of drug-likeness (QED) is 0.139. The smallest absolute Gasteiger partial charge is 0.278 e. The standard InChI is InChI=1S/C14H20FN5O.C7H5FN4O.C7H17NO/c1-3-4-5-14(2,8-21)20-12-11-10(18-13(16)19-12)6-9(15)7-17-11;8-3-1-4-5(10-2-3)6(13)12-7(9)11-4;1-3-4-5-7(2,8)6-9/h6-7,21H,3-5,8H2,1-2H3,(H3,16,18,19,20);1-2H,(H3,9,11,12,13);9H,3-6,8H2,1-2H3/t14-;;7-/m1.1/s1. The Bertz CT molecular complexity index is 1530. The largest absolute Gasteiger partial charge is 0.394 e. The molecule has 10 N–H and O–H groups in total. The van der Waals surface area contributed by atoms with E-state index in [0.717, 1.165) is 57.0 Å². The molecule has 4 rings (SSSR count). The summed E-state index contributed by atoms with van der Waals surface area (Å²) < 4.78 is 25.9. The van der Waals surface area contributed by atoms with Gasteiger partial charge in [-0.25, -0.2) is 28.7 Å². The van der Waals surface area contributed by atoms with Crippen molar-refractivity contribution >= 4 is 39.8 Å². The van der Waals surface area contributed by atoms with E-state index in [1.807, 2.05) is 13.8 Å². The van der Waals surface area contributed by atoms with Gasteiger partial charge in [-0.2, -0.15) is 4.98 Å². The van der Waals surface area contributed by atoms with E-state index >= 15 is 0 Å². The van der Waals surface area contributed by atoms with Crippen LogP contribution in [0, 0.1) is 11.6 Å². The zero-order valence-electron chi connectivity index (χ0n) is 25.0. The second-order valence-corrected chi connectivity index (χ2v) is 10.8. The van der Waals surface area contributed by atoms with Gasteiger partial charge in [0.15, 0.2) is 11.3 Å². The number of hydrogen-bond acceptors (Lipinski definition) is 12. The number of rotatable bonds is 10. The van der Waals surface area contributed by atoms with Crippen molar-refractivity contribution in [3.05, 3.63) is 46.5 Å². The topological polar surface area (TPSA) is 228 Å². The van der Waals surface area contributed by atoms with Gasteiger partial charge in [0, 0.05) is 17.7 Å². The zero-order chi connectivity index (χ0) is 32.2. The third-order valence-corrected chi connectivity index (χ3v) is 6.37. The first-order chi connectivity index (χ1) is 20.3. The van der Waals surface area contributed by atoms with E-state index in [-0.39, 0.29) is 41.7 Å². The molecule has 43 heavy (non-hydrogen) atoms. The Morgan fingerprint density at radius 1 is 0.884 bits per heavy atom. The summed E-state index contributed by atoms with van der Waals surface area (Å²) >= 11 is 0. The van der Waals surface area contributed by atoms with Crippen LogP contribution in [-0.4, -0.2) is 64.4 Å². The Labute approximate surface area is 248 Å². The minimum atomic E-state index is -0.551. The number of nitrogens with one attached hydrogen (secondary N) is 2. The molecule has 13 nitrogen and oxygen atoms in total. The maximum atomic E-state index is 13.2. The number of fused-ring (bicyclic) bond motifs is 2. The first-order valence-electron chi connectivity index (χ1n) is 13.9. The monoisotopic (exact) mass is 604 g/mol. The van der Waals surface area contributed by atoms with Gasteiger partial charge in [0.2, 0.25) is 11.9 Å². The molecule has 0 radical (unpaired) electrons. The van der Waals surface area contributed by atoms with Crippen molar-refractivity contribution in [1.29, 1.82) is 0 Å². The van der Waals surface area contributed by atoms with E-state index in [1.54, 1.807) is 0 Å². The number of anilines is 3. The summed E-state index contributed by atoms with van der Waals surface area (Å²) in [5.41, 5.74) is 16.2. The minimum absolute atomic E-state index is 0.0354. The van der Waals surface area contributed by atoms with Crippen LogP contribution < -0.4 is 28.1 Å². The van der Waals surface area contributed by atoms with E-state index in [2.05, 4.69) is 49.1 Å². The van der Waals surface area contributed by atoms with E-state index in [1.165, 1.54) is 6.07 Å². The number of unbranched alkanes of at least 4 members (excludes halogenated alkanes) is 2. The third-order valence-electron chi connectivity index (χ3n) is 6.37. The van der Waals surface area contributed by atoms with Gasteiger partial charge in [-0.3, -0.25) is 9.78 Å². The number of halogens is 2. The molecule has 0 bridgehead atoms. The molecule has 4 aromatic heterocycles. The molecule has 0 aromatic carbocycles. The van der Waals surface area contributed by atoms with Crippen LogP contribution in [-0.2, 0) is 0 Å². The highest BCUT2D eigenvalue weighted by molar-refractivity contribution is 5.86. The van der Waals surface area contributed by atoms with E-state index in [4.69, 9.17) is 22.3 Å². The van der Waals surface area contributed by atoms with Crippen molar-refractivity contribution in [3.63, 3.8) is 0 Å². The predicted molar refractivity (Wildman–Crippen MR) is 164 cm³/mol. The van der Waals surface area contributed by atoms with E-state index in [0.29, 0.717) is 16.9 Å². The van der Waals surface area contributed by atoms with Gasteiger partial charge in [0.1, 0.15) is 22.7 Å². The summed E-state index contributed by atoms with van der Waals surface area (Å²) in [5.74, 6) is -0.643. The minimum Gasteiger partial charge on any atom is -0.394 e. The number of nitrogens with zero attached hydrogens (tertiary/aromatic N) is 5. The van der Waals surface area contributed by atoms with E-state index in [9.17, 15) is 18.7 Å². The summed E-state index contributed by atoms with van der Waals surface area (Å²) in [6.45, 7) is 8.01. The molecule has 0 amide bonds. The Kier molecular flexibility index (Phi) is 13.0. The Hall–Kier alpha value is -4.08. The lowest BCUT2D eigenvalue weighted by Gasteiger charge is -2.29. The maximum Gasteiger partial charge on any atom is 0.278 e. The lowest BCUT2D eigenvalue weighted by atomic mass is 9.96. The van der Waals surface area contributed by atoms with Gasteiger partial charge in [0.25, 0.3) is 5.56 Å². The number of H-pyrrole nitrogens is 1. The summed E-state index contributed by atoms with van der Waals surface area (Å²) in [6.07, 6.45) is 7.98. The van der Waals surface area contributed by atoms with Crippen LogP contribution >= 0.6 is 0 Å². The van der Waals surface area contributed by atoms with Crippen molar-refractivity contribution in [1.82, 2.24) is 29.9 Å². The molecular weight excluding hydrogens is 562 g/mol. The predicted octanol–water partition coefficient (Wildman–Crippen LogP) is 3.02. The van der Waals surface area contributed by atoms with Gasteiger partial charge in [-0.05, 0) is 26.7 Å². The summed E-state index contributed by atoms with van der Waals surface area (Å²) in [4.78, 5) is 32.8. The first-order valence-corrected chi connectivity index (χ1v) is 13.9. The van der Waals surface area contributed by atoms with Crippen molar-refractivity contribution in [2.45, 2.75) is 77.3 Å². The average Bonchev–Trinajstić information content (AvgIpc) is 2.95. The molecule has 0 aliphatic carbocycles. The van der Waals surface area contributed by atoms with Gasteiger partial charge < -0.3 is 32.7 Å². The van der Waals surface area contributed by atoms with Crippen LogP contribution in [0.25, 0.3) is 22.1 Å². The van der Waals surface area contributed by atoms with Gasteiger partial charge in [-0.1, -0.05) is 39.5 Å². The first kappa shape index (κ1) is 35.1. The Morgan fingerprint density at radius 3 is 2.00 bits per heavy atom. The fourth-order valence-electron chi connectivity index (χ4n) is 3.81. The molecule has 0 spiro atoms. The molecule has 236 valence electrons. The highest BCUT2D eigenvalue weighted by atomic mass is 19.1. The molecule has 0 aliphatic heterocycles. The number of aromatic amines is 1. The number of aliphatic hydroxyl groups excluding tert-OH is 2. The molecule has 0 fully saturated rings. The maximum absolute atomic E-state index is 13.2. The number of nitrogens with two attached hydrogens (primary N) is 3. The summed E-state index contributed by atoms with van der Waals surface area (Å²) in [6, 6.07) is 2.36. The molecule has 0 aliphatic rings. The Balaban J connectivity index is 0.000000250. The molecule has 15 heteroatoms. The molecule has 4 aromatic rings. The zero-order valence-corrected chi connectivity index (χ0v) is 25.0. The number of pyridine rings is 2. The number of nitrogen functional groups attached to an aromatic ring is 2. The molecule has 4 heterocycles. The van der Waals surface area contributed by atoms with Gasteiger partial charge in [0.05, 0.1) is 36.7 Å². The van der Waals surface area contributed by atoms with Crippen LogP contribution in [0.3, 0.4) is 0 Å². The highest BCUT2D eigenvalue weighted by Crippen LogP contribution is 2.25. The van der Waals surface area contributed by atoms with Gasteiger partial charge >= 0.3 is 0 Å². The fraction of sp³-hybridized carbons (Fsp3) is 0.500. The second-order valence-electron chi connectivity index (χ2n) is 10.8. The number of hydrogen-bond donors (Lipinski definition) is 7. The van der Waals surface area contributed by atoms with Crippen LogP contribution in [0.15, 0.2) is 29.3 Å². The highest BCUT2D eigenvalue weighted by Gasteiger charge is 2.24. The number of aromatic nitrogens is 6. The van der Waals surface area contributed by atoms with Crippen LogP contribution in [0.2, 0.25) is 0 Å². The normalized spacial score (nSPS) is 13.7. The van der Waals surface area contributed by atoms with Crippen molar-refractivity contribution in [2.75, 3.05) is 30.0 Å². The van der Waals surface area contributed by atoms with Crippen molar-refractivity contribution in [3.8, 4) is 0 Å². The molecule has 0 unspecified atom stereocenters. The summed E-state index contributed by atoms with van der Waals surface area (Å²) in [5, 5.41) is 21.5. The lowest BCUT2D eigenvalue weighted by Crippen LogP contribution is -2.39. The van der Waals surface area contributed by atoms with Crippen LogP contribution in [0.1, 0.15) is 66.2 Å². The molecule has 2 atom stereocenters.